The van der Waals surface area contributed by atoms with Gasteiger partial charge in [0.2, 0.25) is 15.9 Å². The maximum absolute atomic E-state index is 16.1. The minimum atomic E-state index is -3.34. The molecule has 0 saturated carbocycles. The van der Waals surface area contributed by atoms with E-state index in [9.17, 15) is 13.2 Å². The molecule has 0 unspecified atom stereocenters. The molecule has 3 aliphatic rings. The van der Waals surface area contributed by atoms with Crippen LogP contribution < -0.4 is 0 Å². The van der Waals surface area contributed by atoms with Gasteiger partial charge in [-0.05, 0) is 48.4 Å². The van der Waals surface area contributed by atoms with Crippen molar-refractivity contribution < 1.29 is 22.0 Å². The summed E-state index contributed by atoms with van der Waals surface area (Å²) < 4.78 is 57.9. The van der Waals surface area contributed by atoms with Crippen LogP contribution in [0.5, 0.6) is 0 Å². The molecule has 2 aromatic rings. The van der Waals surface area contributed by atoms with Crippen LogP contribution in [0.4, 0.5) is 8.78 Å². The second kappa shape index (κ2) is 11.7. The topological polar surface area (TPSA) is 73.3 Å². The number of carbonyl (C=O) groups is 1. The van der Waals surface area contributed by atoms with E-state index in [1.54, 1.807) is 42.4 Å². The van der Waals surface area contributed by atoms with Crippen molar-refractivity contribution in [3.05, 3.63) is 69.2 Å². The molecule has 2 aromatic carbocycles. The molecule has 7 nitrogen and oxygen atoms in total. The largest absolute Gasteiger partial charge is 0.325 e. The third-order valence-electron chi connectivity index (χ3n) is 9.19. The highest BCUT2D eigenvalue weighted by Gasteiger charge is 2.66. The van der Waals surface area contributed by atoms with Gasteiger partial charge in [-0.15, -0.1) is 0 Å². The van der Waals surface area contributed by atoms with Gasteiger partial charge < -0.3 is 4.90 Å². The number of carbonyl (C=O) groups excluding carboxylic acids is 1. The van der Waals surface area contributed by atoms with Gasteiger partial charge in [0.1, 0.15) is 11.6 Å². The van der Waals surface area contributed by atoms with Gasteiger partial charge in [-0.25, -0.2) is 21.5 Å². The lowest BCUT2D eigenvalue weighted by molar-refractivity contribution is -0.132. The summed E-state index contributed by atoms with van der Waals surface area (Å²) in [6, 6.07) is 7.73. The Morgan fingerprint density at radius 3 is 2.37 bits per heavy atom. The van der Waals surface area contributed by atoms with E-state index in [4.69, 9.17) is 23.2 Å². The Balaban J connectivity index is 1.70. The number of hydrogen-bond acceptors (Lipinski definition) is 5. The van der Waals surface area contributed by atoms with E-state index in [0.717, 1.165) is 0 Å². The van der Waals surface area contributed by atoms with Crippen molar-refractivity contribution in [2.45, 2.75) is 69.5 Å². The lowest BCUT2D eigenvalue weighted by Gasteiger charge is -2.43. The Hall–Kier alpha value is -2.11. The van der Waals surface area contributed by atoms with Crippen molar-refractivity contribution in [3.63, 3.8) is 0 Å². The van der Waals surface area contributed by atoms with Crippen LogP contribution in [0.3, 0.4) is 0 Å². The van der Waals surface area contributed by atoms with Crippen LogP contribution in [0.15, 0.2) is 41.4 Å². The molecule has 43 heavy (non-hydrogen) atoms. The lowest BCUT2D eigenvalue weighted by atomic mass is 9.62. The van der Waals surface area contributed by atoms with E-state index in [1.807, 2.05) is 0 Å². The van der Waals surface area contributed by atoms with Crippen molar-refractivity contribution in [1.29, 1.82) is 0 Å². The van der Waals surface area contributed by atoms with Gasteiger partial charge in [0.05, 0.1) is 29.4 Å². The smallest absolute Gasteiger partial charge is 0.241 e. The Labute approximate surface area is 262 Å². The summed E-state index contributed by atoms with van der Waals surface area (Å²) in [5, 5.41) is 0.140. The predicted octanol–water partition coefficient (Wildman–Crippen LogP) is 5.71. The molecule has 3 saturated heterocycles. The molecule has 234 valence electrons. The number of hydrogen-bond donors (Lipinski definition) is 0. The summed E-state index contributed by atoms with van der Waals surface area (Å²) in [6.07, 6.45) is 4.40. The van der Waals surface area contributed by atoms with E-state index >= 15 is 8.78 Å². The van der Waals surface area contributed by atoms with Crippen molar-refractivity contribution in [1.82, 2.24) is 14.1 Å². The number of aliphatic imine (C=N–C) groups is 1. The van der Waals surface area contributed by atoms with Crippen LogP contribution in [0.25, 0.3) is 0 Å². The minimum Gasteiger partial charge on any atom is -0.325 e. The van der Waals surface area contributed by atoms with Gasteiger partial charge in [-0.1, -0.05) is 62.2 Å². The van der Waals surface area contributed by atoms with Crippen molar-refractivity contribution in [2.24, 2.45) is 10.4 Å². The number of nitrogens with zero attached hydrogens (tertiary/aromatic N) is 4. The zero-order valence-corrected chi connectivity index (χ0v) is 27.4. The first-order valence-electron chi connectivity index (χ1n) is 14.4. The maximum atomic E-state index is 16.1. The molecule has 3 heterocycles. The molecule has 5 rings (SSSR count). The third kappa shape index (κ3) is 5.74. The van der Waals surface area contributed by atoms with Gasteiger partial charge in [0, 0.05) is 54.9 Å². The number of amides is 1. The average molecular weight is 656 g/mol. The van der Waals surface area contributed by atoms with Gasteiger partial charge >= 0.3 is 0 Å². The standard InChI is InChI=1S/C31H38Cl2F2N4O3S/c1-30(2,3)16-25-31(17-36-4,22-10-9-19(32)15-24(22)34)26(21-7-6-8-23(33)27(21)35)28-29(40)38(18-39(25)28)20-11-13-37(14-12-20)43(5,41)42/h6-10,15,17,20,25-26,28H,11-14,16,18H2,1-5H3/t25-,26-,28+,31-/m0/s1. The van der Waals surface area contributed by atoms with E-state index < -0.39 is 45.1 Å². The highest BCUT2D eigenvalue weighted by atomic mass is 35.5. The molecule has 0 spiro atoms. The molecule has 3 aliphatic heterocycles. The molecule has 0 aliphatic carbocycles. The molecular weight excluding hydrogens is 617 g/mol. The first-order valence-corrected chi connectivity index (χ1v) is 17.0. The third-order valence-corrected chi connectivity index (χ3v) is 11.0. The first kappa shape index (κ1) is 32.3. The van der Waals surface area contributed by atoms with Gasteiger partial charge in [0.25, 0.3) is 0 Å². The van der Waals surface area contributed by atoms with Crippen LogP contribution in [-0.4, -0.2) is 85.8 Å². The monoisotopic (exact) mass is 654 g/mol. The highest BCUT2D eigenvalue weighted by molar-refractivity contribution is 7.88. The summed E-state index contributed by atoms with van der Waals surface area (Å²) in [7, 11) is -1.74. The SMILES string of the molecule is CN=C[C@]1(c2ccc(Cl)cc2F)[C@H](CC(C)(C)C)N2CN(C3CCN(S(C)(=O)=O)CC3)C(=O)[C@H]2[C@@H]1c1cccc(Cl)c1F. The van der Waals surface area contributed by atoms with Crippen molar-refractivity contribution in [3.8, 4) is 0 Å². The molecule has 0 radical (unpaired) electrons. The summed E-state index contributed by atoms with van der Waals surface area (Å²) in [6.45, 7) is 7.13. The number of halogens is 4. The fraction of sp³-hybridized carbons (Fsp3) is 0.548. The Bertz CT molecular complexity index is 1540. The zero-order chi connectivity index (χ0) is 31.5. The van der Waals surface area contributed by atoms with Gasteiger partial charge in [-0.3, -0.25) is 14.7 Å². The van der Waals surface area contributed by atoms with E-state index in [-0.39, 0.29) is 45.2 Å². The van der Waals surface area contributed by atoms with Crippen molar-refractivity contribution in [2.75, 3.05) is 33.1 Å². The maximum Gasteiger partial charge on any atom is 0.241 e. The van der Waals surface area contributed by atoms with E-state index in [0.29, 0.717) is 32.4 Å². The Morgan fingerprint density at radius 1 is 1.12 bits per heavy atom. The molecular formula is C31H38Cl2F2N4O3S. The predicted molar refractivity (Wildman–Crippen MR) is 166 cm³/mol. The molecule has 1 amide bonds. The highest BCUT2D eigenvalue weighted by Crippen LogP contribution is 2.58. The second-order valence-corrected chi connectivity index (χ2v) is 16.0. The Kier molecular flexibility index (Phi) is 8.77. The number of rotatable bonds is 6. The Morgan fingerprint density at radius 2 is 1.79 bits per heavy atom. The molecule has 0 bridgehead atoms. The number of sulfonamides is 1. The van der Waals surface area contributed by atoms with E-state index in [1.165, 1.54) is 22.7 Å². The van der Waals surface area contributed by atoms with Crippen molar-refractivity contribution >= 4 is 45.3 Å². The molecule has 12 heteroatoms. The average Bonchev–Trinajstić information content (AvgIpc) is 3.37. The summed E-state index contributed by atoms with van der Waals surface area (Å²) >= 11 is 12.5. The quantitative estimate of drug-likeness (QED) is 0.374. The number of benzene rings is 2. The molecule has 3 fully saturated rings. The van der Waals surface area contributed by atoms with Crippen LogP contribution in [0.2, 0.25) is 10.0 Å². The summed E-state index contributed by atoms with van der Waals surface area (Å²) in [4.78, 5) is 22.9. The lowest BCUT2D eigenvalue weighted by Crippen LogP contribution is -2.52. The van der Waals surface area contributed by atoms with Crippen LogP contribution in [-0.2, 0) is 20.2 Å². The van der Waals surface area contributed by atoms with E-state index in [2.05, 4.69) is 30.7 Å². The fourth-order valence-electron chi connectivity index (χ4n) is 7.49. The number of fused-ring (bicyclic) bond motifs is 1. The van der Waals surface area contributed by atoms with Crippen LogP contribution in [0.1, 0.15) is 57.1 Å². The van der Waals surface area contributed by atoms with Crippen LogP contribution >= 0.6 is 23.2 Å². The minimum absolute atomic E-state index is 0.0855. The normalized spacial score (nSPS) is 27.9. The molecule has 0 N–H and O–H groups in total. The summed E-state index contributed by atoms with van der Waals surface area (Å²) in [5.74, 6) is -2.27. The number of piperidine rings is 1. The first-order chi connectivity index (χ1) is 20.1. The van der Waals surface area contributed by atoms with Gasteiger partial charge in [-0.2, -0.15) is 0 Å². The fourth-order valence-corrected chi connectivity index (χ4v) is 8.70. The summed E-state index contributed by atoms with van der Waals surface area (Å²) in [5.41, 5.74) is -0.996. The molecule has 0 aromatic heterocycles. The zero-order valence-electron chi connectivity index (χ0n) is 25.0. The van der Waals surface area contributed by atoms with Crippen LogP contribution in [0, 0.1) is 17.0 Å². The molecule has 4 atom stereocenters. The van der Waals surface area contributed by atoms with Gasteiger partial charge in [0.15, 0.2) is 0 Å². The second-order valence-electron chi connectivity index (χ2n) is 13.1.